The fourth-order valence-corrected chi connectivity index (χ4v) is 5.07. The zero-order valence-electron chi connectivity index (χ0n) is 17.4. The predicted molar refractivity (Wildman–Crippen MR) is 120 cm³/mol. The van der Waals surface area contributed by atoms with E-state index >= 15 is 0 Å². The average Bonchev–Trinajstić information content (AvgIpc) is 3.23. The van der Waals surface area contributed by atoms with Crippen LogP contribution in [0.25, 0.3) is 0 Å². The maximum Gasteiger partial charge on any atom is 0.270 e. The monoisotopic (exact) mass is 460 g/mol. The lowest BCUT2D eigenvalue weighted by Gasteiger charge is -2.20. The lowest BCUT2D eigenvalue weighted by atomic mass is 9.98. The van der Waals surface area contributed by atoms with Crippen molar-refractivity contribution in [1.82, 2.24) is 14.9 Å². The molecule has 0 aliphatic heterocycles. The number of ether oxygens (including phenoxy) is 1. The van der Waals surface area contributed by atoms with E-state index in [1.165, 1.54) is 0 Å². The van der Waals surface area contributed by atoms with E-state index in [1.54, 1.807) is 49.6 Å². The summed E-state index contributed by atoms with van der Waals surface area (Å²) in [5.41, 5.74) is 1.26. The SMILES string of the molecule is COc1ccc(C(CC(C)C)NS(=O)(=O)c2nnc(NC(=O)c3ccccc3)s2)cc1. The van der Waals surface area contributed by atoms with Gasteiger partial charge in [0, 0.05) is 11.6 Å². The fraction of sp³-hybridized carbons (Fsp3) is 0.286. The van der Waals surface area contributed by atoms with Gasteiger partial charge in [0.25, 0.3) is 15.9 Å². The number of methoxy groups -OCH3 is 1. The van der Waals surface area contributed by atoms with Gasteiger partial charge >= 0.3 is 0 Å². The molecule has 0 bridgehead atoms. The van der Waals surface area contributed by atoms with E-state index in [4.69, 9.17) is 4.74 Å². The molecule has 0 radical (unpaired) electrons. The van der Waals surface area contributed by atoms with Crippen molar-refractivity contribution in [2.75, 3.05) is 12.4 Å². The molecule has 8 nitrogen and oxygen atoms in total. The van der Waals surface area contributed by atoms with E-state index in [0.29, 0.717) is 17.7 Å². The number of anilines is 1. The first-order valence-corrected chi connectivity index (χ1v) is 11.9. The second kappa shape index (κ2) is 9.99. The Balaban J connectivity index is 1.77. The van der Waals surface area contributed by atoms with Gasteiger partial charge in [0.15, 0.2) is 0 Å². The van der Waals surface area contributed by atoms with Gasteiger partial charge in [-0.05, 0) is 42.2 Å². The van der Waals surface area contributed by atoms with Crippen LogP contribution >= 0.6 is 11.3 Å². The van der Waals surface area contributed by atoms with Crippen LogP contribution in [-0.4, -0.2) is 31.6 Å². The zero-order chi connectivity index (χ0) is 22.4. The molecule has 1 unspecified atom stereocenters. The van der Waals surface area contributed by atoms with E-state index in [2.05, 4.69) is 20.2 Å². The summed E-state index contributed by atoms with van der Waals surface area (Å²) in [6.45, 7) is 4.04. The zero-order valence-corrected chi connectivity index (χ0v) is 19.0. The third kappa shape index (κ3) is 6.09. The number of carbonyl (C=O) groups excluding carboxylic acids is 1. The molecule has 1 aromatic heterocycles. The van der Waals surface area contributed by atoms with Gasteiger partial charge < -0.3 is 4.74 Å². The number of nitrogens with zero attached hydrogens (tertiary/aromatic N) is 2. The van der Waals surface area contributed by atoms with Crippen LogP contribution in [0.5, 0.6) is 5.75 Å². The van der Waals surface area contributed by atoms with Gasteiger partial charge in [-0.3, -0.25) is 10.1 Å². The summed E-state index contributed by atoms with van der Waals surface area (Å²) in [4.78, 5) is 12.3. The molecule has 0 fully saturated rings. The molecular weight excluding hydrogens is 436 g/mol. The third-order valence-corrected chi connectivity index (χ3v) is 7.09. The lowest BCUT2D eigenvalue weighted by molar-refractivity contribution is 0.102. The number of benzene rings is 2. The van der Waals surface area contributed by atoms with Crippen molar-refractivity contribution in [3.05, 3.63) is 65.7 Å². The van der Waals surface area contributed by atoms with Crippen molar-refractivity contribution in [2.24, 2.45) is 5.92 Å². The summed E-state index contributed by atoms with van der Waals surface area (Å²) in [6.07, 6.45) is 0.599. The van der Waals surface area contributed by atoms with Crippen molar-refractivity contribution < 1.29 is 17.9 Å². The fourth-order valence-electron chi connectivity index (χ4n) is 2.93. The topological polar surface area (TPSA) is 110 Å². The van der Waals surface area contributed by atoms with Gasteiger partial charge in [-0.15, -0.1) is 10.2 Å². The van der Waals surface area contributed by atoms with Crippen LogP contribution in [-0.2, 0) is 10.0 Å². The minimum absolute atomic E-state index is 0.110. The Bertz CT molecular complexity index is 1110. The van der Waals surface area contributed by atoms with Gasteiger partial charge in [0.1, 0.15) is 5.75 Å². The highest BCUT2D eigenvalue weighted by atomic mass is 32.2. The Labute approximate surface area is 185 Å². The molecule has 0 saturated carbocycles. The standard InChI is InChI=1S/C21H24N4O4S2/c1-14(2)13-18(15-9-11-17(29-3)12-10-15)25-31(27,28)21-24-23-20(30-21)22-19(26)16-7-5-4-6-8-16/h4-12,14,18,25H,13H2,1-3H3,(H,22,23,26). The molecule has 0 aliphatic carbocycles. The summed E-state index contributed by atoms with van der Waals surface area (Å²) in [5, 5.41) is 10.3. The van der Waals surface area contributed by atoms with Crippen LogP contribution in [0.4, 0.5) is 5.13 Å². The van der Waals surface area contributed by atoms with Crippen molar-refractivity contribution in [3.63, 3.8) is 0 Å². The number of amides is 1. The Hall–Kier alpha value is -2.82. The minimum atomic E-state index is -3.94. The Kier molecular flexibility index (Phi) is 7.37. The Morgan fingerprint density at radius 1 is 1.06 bits per heavy atom. The summed E-state index contributed by atoms with van der Waals surface area (Å²) >= 11 is 0.800. The summed E-state index contributed by atoms with van der Waals surface area (Å²) in [6, 6.07) is 15.4. The van der Waals surface area contributed by atoms with Gasteiger partial charge in [-0.1, -0.05) is 55.5 Å². The molecule has 0 saturated heterocycles. The van der Waals surface area contributed by atoms with Crippen LogP contribution in [0.3, 0.4) is 0 Å². The molecule has 1 atom stereocenters. The molecule has 2 aromatic carbocycles. The van der Waals surface area contributed by atoms with Crippen LogP contribution in [0.2, 0.25) is 0 Å². The van der Waals surface area contributed by atoms with Crippen LogP contribution in [0.1, 0.15) is 42.2 Å². The molecule has 31 heavy (non-hydrogen) atoms. The van der Waals surface area contributed by atoms with E-state index in [1.807, 2.05) is 26.0 Å². The van der Waals surface area contributed by atoms with Gasteiger partial charge in [-0.2, -0.15) is 0 Å². The number of aromatic nitrogens is 2. The molecule has 10 heteroatoms. The van der Waals surface area contributed by atoms with E-state index in [-0.39, 0.29) is 21.3 Å². The highest BCUT2D eigenvalue weighted by Crippen LogP contribution is 2.27. The van der Waals surface area contributed by atoms with E-state index < -0.39 is 16.1 Å². The summed E-state index contributed by atoms with van der Waals surface area (Å²) in [7, 11) is -2.36. The maximum absolute atomic E-state index is 12.9. The molecular formula is C21H24N4O4S2. The van der Waals surface area contributed by atoms with E-state index in [0.717, 1.165) is 16.9 Å². The minimum Gasteiger partial charge on any atom is -0.497 e. The summed E-state index contributed by atoms with van der Waals surface area (Å²) < 4.78 is 33.6. The molecule has 164 valence electrons. The largest absolute Gasteiger partial charge is 0.497 e. The van der Waals surface area contributed by atoms with Crippen molar-refractivity contribution >= 4 is 32.4 Å². The van der Waals surface area contributed by atoms with Crippen LogP contribution < -0.4 is 14.8 Å². The average molecular weight is 461 g/mol. The van der Waals surface area contributed by atoms with Gasteiger partial charge in [-0.25, -0.2) is 13.1 Å². The van der Waals surface area contributed by atoms with Crippen LogP contribution in [0, 0.1) is 5.92 Å². The molecule has 3 aromatic rings. The molecule has 2 N–H and O–H groups in total. The number of sulfonamides is 1. The van der Waals surface area contributed by atoms with Crippen molar-refractivity contribution in [1.29, 1.82) is 0 Å². The quantitative estimate of drug-likeness (QED) is 0.469. The van der Waals surface area contributed by atoms with Gasteiger partial charge in [0.2, 0.25) is 9.47 Å². The molecule has 0 aliphatic rings. The third-order valence-electron chi connectivity index (χ3n) is 4.42. The number of hydrogen-bond acceptors (Lipinski definition) is 7. The van der Waals surface area contributed by atoms with Gasteiger partial charge in [0.05, 0.1) is 7.11 Å². The number of carbonyl (C=O) groups is 1. The number of rotatable bonds is 9. The lowest BCUT2D eigenvalue weighted by Crippen LogP contribution is -2.29. The highest BCUT2D eigenvalue weighted by Gasteiger charge is 2.26. The second-order valence-corrected chi connectivity index (χ2v) is 10.1. The van der Waals surface area contributed by atoms with Crippen molar-refractivity contribution in [2.45, 2.75) is 30.6 Å². The second-order valence-electron chi connectivity index (χ2n) is 7.27. The Morgan fingerprint density at radius 3 is 2.35 bits per heavy atom. The van der Waals surface area contributed by atoms with E-state index in [9.17, 15) is 13.2 Å². The molecule has 0 spiro atoms. The first-order chi connectivity index (χ1) is 14.8. The maximum atomic E-state index is 12.9. The first kappa shape index (κ1) is 22.9. The van der Waals surface area contributed by atoms with Crippen molar-refractivity contribution in [3.8, 4) is 5.75 Å². The predicted octanol–water partition coefficient (Wildman–Crippen LogP) is 3.86. The molecule has 1 amide bonds. The van der Waals surface area contributed by atoms with Crippen LogP contribution in [0.15, 0.2) is 58.9 Å². The number of hydrogen-bond donors (Lipinski definition) is 2. The molecule has 1 heterocycles. The highest BCUT2D eigenvalue weighted by molar-refractivity contribution is 7.91. The molecule has 3 rings (SSSR count). The summed E-state index contributed by atoms with van der Waals surface area (Å²) in [5.74, 6) is 0.562. The first-order valence-electron chi connectivity index (χ1n) is 9.64. The smallest absolute Gasteiger partial charge is 0.270 e. The normalized spacial score (nSPS) is 12.5. The Morgan fingerprint density at radius 2 is 1.74 bits per heavy atom. The number of nitrogens with one attached hydrogen (secondary N) is 2.